The van der Waals surface area contributed by atoms with E-state index >= 15 is 0 Å². The Labute approximate surface area is 286 Å². The van der Waals surface area contributed by atoms with Gasteiger partial charge in [-0.1, -0.05) is 95.4 Å². The van der Waals surface area contributed by atoms with Gasteiger partial charge >= 0.3 is 0 Å². The van der Waals surface area contributed by atoms with Crippen LogP contribution in [0.25, 0.3) is 0 Å². The Morgan fingerprint density at radius 2 is 0.896 bits per heavy atom. The fourth-order valence-electron chi connectivity index (χ4n) is 5.56. The smallest absolute Gasteiger partial charge is 0.237 e. The van der Waals surface area contributed by atoms with Crippen LogP contribution in [0, 0.1) is 0 Å². The Kier molecular flexibility index (Phi) is 9.62. The Balaban J connectivity index is 0.000000152. The molecule has 240 valence electrons. The average molecular weight is 673 g/mol. The molecule has 8 rings (SSSR count). The van der Waals surface area contributed by atoms with Crippen LogP contribution in [0.1, 0.15) is 22.5 Å². The number of hydrogen-bond donors (Lipinski definition) is 0. The number of aromatic nitrogens is 6. The number of thioether (sulfide) groups is 2. The molecule has 0 saturated heterocycles. The summed E-state index contributed by atoms with van der Waals surface area (Å²) in [6.45, 7) is 2.26. The van der Waals surface area contributed by atoms with E-state index in [2.05, 4.69) is 57.0 Å². The summed E-state index contributed by atoms with van der Waals surface area (Å²) in [5.74, 6) is 1.17. The van der Waals surface area contributed by atoms with Gasteiger partial charge in [0.05, 0.1) is 72.8 Å². The van der Waals surface area contributed by atoms with Crippen LogP contribution in [-0.4, -0.2) is 53.3 Å². The summed E-state index contributed by atoms with van der Waals surface area (Å²) >= 11 is 3.18. The highest BCUT2D eigenvalue weighted by atomic mass is 32.2. The molecule has 4 heterocycles. The third-order valence-corrected chi connectivity index (χ3v) is 10.1. The molecule has 0 unspecified atom stereocenters. The molecule has 2 aliphatic heterocycles. The van der Waals surface area contributed by atoms with Crippen molar-refractivity contribution < 1.29 is 9.59 Å². The minimum Gasteiger partial charge on any atom is -0.305 e. The molecule has 0 spiro atoms. The summed E-state index contributed by atoms with van der Waals surface area (Å²) in [4.78, 5) is 30.7. The molecular weight excluding hydrogens is 641 g/mol. The number of anilines is 2. The van der Waals surface area contributed by atoms with Crippen LogP contribution in [0.2, 0.25) is 0 Å². The molecule has 48 heavy (non-hydrogen) atoms. The molecule has 12 heteroatoms. The van der Waals surface area contributed by atoms with Crippen molar-refractivity contribution in [1.82, 2.24) is 30.0 Å². The van der Waals surface area contributed by atoms with Gasteiger partial charge in [0.25, 0.3) is 0 Å². The first-order valence-electron chi connectivity index (χ1n) is 15.5. The van der Waals surface area contributed by atoms with E-state index in [-0.39, 0.29) is 11.8 Å². The number of carbonyl (C=O) groups is 2. The highest BCUT2D eigenvalue weighted by Gasteiger charge is 2.27. The first kappa shape index (κ1) is 31.4. The van der Waals surface area contributed by atoms with Gasteiger partial charge in [0.15, 0.2) is 0 Å². The number of para-hydroxylation sites is 2. The molecule has 0 N–H and O–H groups in total. The Hall–Kier alpha value is -5.20. The van der Waals surface area contributed by atoms with Gasteiger partial charge in [0, 0.05) is 9.79 Å². The van der Waals surface area contributed by atoms with Gasteiger partial charge in [0.2, 0.25) is 11.8 Å². The van der Waals surface area contributed by atoms with Crippen LogP contribution in [0.4, 0.5) is 11.4 Å². The Morgan fingerprint density at radius 1 is 0.500 bits per heavy atom. The summed E-state index contributed by atoms with van der Waals surface area (Å²) in [7, 11) is 0. The van der Waals surface area contributed by atoms with Crippen LogP contribution in [0.3, 0.4) is 0 Å². The predicted molar refractivity (Wildman–Crippen MR) is 188 cm³/mol. The van der Waals surface area contributed by atoms with Crippen LogP contribution in [0.5, 0.6) is 0 Å². The second kappa shape index (κ2) is 14.7. The van der Waals surface area contributed by atoms with E-state index in [1.165, 1.54) is 0 Å². The third-order valence-electron chi connectivity index (χ3n) is 8.00. The van der Waals surface area contributed by atoms with Gasteiger partial charge < -0.3 is 9.80 Å². The lowest BCUT2D eigenvalue weighted by atomic mass is 10.2. The largest absolute Gasteiger partial charge is 0.305 e. The summed E-state index contributed by atoms with van der Waals surface area (Å²) in [6.07, 6.45) is 3.47. The van der Waals surface area contributed by atoms with Crippen molar-refractivity contribution >= 4 is 46.7 Å². The van der Waals surface area contributed by atoms with Crippen molar-refractivity contribution in [3.8, 4) is 0 Å². The molecule has 0 fully saturated rings. The minimum atomic E-state index is 0.117. The lowest BCUT2D eigenvalue weighted by molar-refractivity contribution is -0.117. The molecule has 4 aromatic carbocycles. The molecule has 2 aromatic heterocycles. The lowest BCUT2D eigenvalue weighted by Crippen LogP contribution is -2.35. The van der Waals surface area contributed by atoms with Crippen LogP contribution in [-0.2, 0) is 35.8 Å². The predicted octanol–water partition coefficient (Wildman–Crippen LogP) is 5.93. The van der Waals surface area contributed by atoms with Gasteiger partial charge in [-0.2, -0.15) is 0 Å². The van der Waals surface area contributed by atoms with Gasteiger partial charge in [-0.3, -0.25) is 9.59 Å². The zero-order valence-corrected chi connectivity index (χ0v) is 27.6. The van der Waals surface area contributed by atoms with E-state index in [0.717, 1.165) is 43.7 Å². The van der Waals surface area contributed by atoms with Crippen LogP contribution >= 0.6 is 23.5 Å². The summed E-state index contributed by atoms with van der Waals surface area (Å²) in [5.41, 5.74) is 6.09. The third kappa shape index (κ3) is 7.19. The molecule has 2 amide bonds. The number of fused-ring (bicyclic) bond motifs is 2. The fraction of sp³-hybridized carbons (Fsp3) is 0.167. The summed E-state index contributed by atoms with van der Waals surface area (Å²) < 4.78 is 3.71. The number of amides is 2. The number of nitrogens with zero attached hydrogens (tertiary/aromatic N) is 8. The van der Waals surface area contributed by atoms with Gasteiger partial charge in [-0.15, -0.1) is 33.7 Å². The van der Waals surface area contributed by atoms with E-state index in [0.29, 0.717) is 37.7 Å². The van der Waals surface area contributed by atoms with E-state index in [4.69, 9.17) is 0 Å². The van der Waals surface area contributed by atoms with Crippen molar-refractivity contribution in [3.05, 3.63) is 144 Å². The highest BCUT2D eigenvalue weighted by Crippen LogP contribution is 2.36. The molecule has 0 bridgehead atoms. The monoisotopic (exact) mass is 672 g/mol. The SMILES string of the molecule is O=C1CSc2ccccc2N1Cc1cnnn1Cc1ccccc1.O=C1CSc2ccccc2N1Cc1cnnn1Cc1ccccc1. The molecule has 0 atom stereocenters. The zero-order chi connectivity index (χ0) is 32.7. The molecule has 6 aromatic rings. The zero-order valence-electron chi connectivity index (χ0n) is 26.0. The molecule has 0 radical (unpaired) electrons. The lowest BCUT2D eigenvalue weighted by Gasteiger charge is -2.28. The minimum absolute atomic E-state index is 0.117. The standard InChI is InChI=1S/2C18H16N4OS/c2*23-18-13-24-17-9-5-4-8-16(17)21(18)12-15-10-19-20-22(15)11-14-6-2-1-3-7-14/h2*1-10H,11-13H2. The van der Waals surface area contributed by atoms with Gasteiger partial charge in [-0.05, 0) is 35.4 Å². The number of carbonyl (C=O) groups excluding carboxylic acids is 2. The topological polar surface area (TPSA) is 102 Å². The molecule has 0 aliphatic carbocycles. The number of hydrogen-bond acceptors (Lipinski definition) is 8. The maximum Gasteiger partial charge on any atom is 0.237 e. The molecule has 0 saturated carbocycles. The quantitative estimate of drug-likeness (QED) is 0.196. The Morgan fingerprint density at radius 3 is 1.33 bits per heavy atom. The van der Waals surface area contributed by atoms with Gasteiger partial charge in [0.1, 0.15) is 0 Å². The van der Waals surface area contributed by atoms with Crippen molar-refractivity contribution in [3.63, 3.8) is 0 Å². The van der Waals surface area contributed by atoms with Crippen molar-refractivity contribution in [1.29, 1.82) is 0 Å². The molecule has 10 nitrogen and oxygen atoms in total. The summed E-state index contributed by atoms with van der Waals surface area (Å²) in [6, 6.07) is 36.3. The van der Waals surface area contributed by atoms with Crippen LogP contribution in [0.15, 0.2) is 131 Å². The summed E-state index contributed by atoms with van der Waals surface area (Å²) in [5, 5.41) is 16.4. The van der Waals surface area contributed by atoms with Crippen molar-refractivity contribution in [2.45, 2.75) is 36.0 Å². The molecule has 2 aliphatic rings. The maximum absolute atomic E-state index is 12.4. The normalized spacial score (nSPS) is 13.8. The maximum atomic E-state index is 12.4. The van der Waals surface area contributed by atoms with E-state index in [1.807, 2.05) is 92.0 Å². The van der Waals surface area contributed by atoms with E-state index in [1.54, 1.807) is 35.9 Å². The van der Waals surface area contributed by atoms with Crippen molar-refractivity contribution in [2.24, 2.45) is 0 Å². The first-order chi connectivity index (χ1) is 23.6. The number of rotatable bonds is 8. The average Bonchev–Trinajstić information content (AvgIpc) is 3.77. The van der Waals surface area contributed by atoms with Crippen LogP contribution < -0.4 is 9.80 Å². The van der Waals surface area contributed by atoms with Gasteiger partial charge in [-0.25, -0.2) is 9.36 Å². The number of benzene rings is 4. The van der Waals surface area contributed by atoms with E-state index in [9.17, 15) is 9.59 Å². The first-order valence-corrected chi connectivity index (χ1v) is 17.5. The second-order valence-corrected chi connectivity index (χ2v) is 13.2. The molecular formula is C36H32N8O2S2. The second-order valence-electron chi connectivity index (χ2n) is 11.2. The highest BCUT2D eigenvalue weighted by molar-refractivity contribution is 8.00. The van der Waals surface area contributed by atoms with E-state index < -0.39 is 0 Å². The van der Waals surface area contributed by atoms with Crippen molar-refractivity contribution in [2.75, 3.05) is 21.3 Å². The fourth-order valence-corrected chi connectivity index (χ4v) is 7.43. The Bertz CT molecular complexity index is 1870.